The zero-order valence-corrected chi connectivity index (χ0v) is 15.4. The summed E-state index contributed by atoms with van der Waals surface area (Å²) in [4.78, 5) is 21.2. The quantitative estimate of drug-likeness (QED) is 0.766. The number of ether oxygens (including phenoxy) is 1. The highest BCUT2D eigenvalue weighted by Gasteiger charge is 2.27. The third-order valence-corrected chi connectivity index (χ3v) is 4.40. The number of rotatable bonds is 4. The van der Waals surface area contributed by atoms with Crippen LogP contribution in [0.2, 0.25) is 0 Å². The van der Waals surface area contributed by atoms with E-state index >= 15 is 0 Å². The maximum Gasteiger partial charge on any atom is 0.273 e. The Balaban J connectivity index is 1.49. The fourth-order valence-corrected chi connectivity index (χ4v) is 3.25. The van der Waals surface area contributed by atoms with Gasteiger partial charge in [-0.3, -0.25) is 4.79 Å². The third kappa shape index (κ3) is 3.53. The van der Waals surface area contributed by atoms with Crippen LogP contribution >= 0.6 is 0 Å². The van der Waals surface area contributed by atoms with Gasteiger partial charge in [0.1, 0.15) is 17.6 Å². The number of carbonyl (C=O) groups is 1. The van der Waals surface area contributed by atoms with Crippen LogP contribution in [-0.4, -0.2) is 33.7 Å². The monoisotopic (exact) mass is 364 g/mol. The average Bonchev–Trinajstić information content (AvgIpc) is 3.24. The van der Waals surface area contributed by atoms with E-state index in [0.29, 0.717) is 24.6 Å². The molecule has 27 heavy (non-hydrogen) atoms. The highest BCUT2D eigenvalue weighted by atomic mass is 16.5. The average molecular weight is 364 g/mol. The van der Waals surface area contributed by atoms with Crippen molar-refractivity contribution in [3.8, 4) is 17.1 Å². The van der Waals surface area contributed by atoms with Crippen molar-refractivity contribution in [2.75, 3.05) is 6.54 Å². The van der Waals surface area contributed by atoms with Gasteiger partial charge in [0.05, 0.1) is 12.1 Å². The molecule has 1 aliphatic heterocycles. The van der Waals surface area contributed by atoms with E-state index in [1.807, 2.05) is 38.1 Å². The van der Waals surface area contributed by atoms with E-state index in [1.54, 1.807) is 13.0 Å². The molecule has 3 aromatic rings. The van der Waals surface area contributed by atoms with Gasteiger partial charge in [-0.05, 0) is 38.5 Å². The third-order valence-electron chi connectivity index (χ3n) is 4.40. The molecule has 138 valence electrons. The molecule has 0 aliphatic carbocycles. The minimum absolute atomic E-state index is 0.149. The molecule has 1 aromatic carbocycles. The number of hydrogen-bond acceptors (Lipinski definition) is 6. The standard InChI is InChI=1S/C20H20N4O3/c1-11-7-12(2)23-19(22-11)16-6-4-5-14-9-15(26-18(14)16)10-21-20(25)17-8-13(3)27-24-17/h4-8,15H,9-10H2,1-3H3,(H,21,25)/t15-/m0/s1. The molecule has 1 aliphatic rings. The van der Waals surface area contributed by atoms with Crippen LogP contribution in [0.1, 0.15) is 33.2 Å². The first-order chi connectivity index (χ1) is 13.0. The van der Waals surface area contributed by atoms with Crippen LogP contribution in [0.4, 0.5) is 0 Å². The van der Waals surface area contributed by atoms with Gasteiger partial charge in [-0.15, -0.1) is 0 Å². The Morgan fingerprint density at radius 3 is 2.67 bits per heavy atom. The van der Waals surface area contributed by atoms with Crippen LogP contribution < -0.4 is 10.1 Å². The van der Waals surface area contributed by atoms with Crippen molar-refractivity contribution >= 4 is 5.91 Å². The summed E-state index contributed by atoms with van der Waals surface area (Å²) in [6.45, 7) is 6.03. The minimum atomic E-state index is -0.274. The van der Waals surface area contributed by atoms with Gasteiger partial charge in [-0.2, -0.15) is 0 Å². The van der Waals surface area contributed by atoms with Crippen molar-refractivity contribution in [3.63, 3.8) is 0 Å². The summed E-state index contributed by atoms with van der Waals surface area (Å²) in [6, 6.07) is 9.53. The number of carbonyl (C=O) groups excluding carboxylic acids is 1. The van der Waals surface area contributed by atoms with Crippen molar-refractivity contribution in [1.29, 1.82) is 0 Å². The summed E-state index contributed by atoms with van der Waals surface area (Å²) in [6.07, 6.45) is 0.565. The molecule has 2 aromatic heterocycles. The molecule has 7 heteroatoms. The molecular weight excluding hydrogens is 344 g/mol. The number of aryl methyl sites for hydroxylation is 3. The van der Waals surface area contributed by atoms with Crippen molar-refractivity contribution < 1.29 is 14.1 Å². The van der Waals surface area contributed by atoms with Crippen LogP contribution in [-0.2, 0) is 6.42 Å². The SMILES string of the molecule is Cc1cc(C)nc(-c2cccc3c2O[C@H](CNC(=O)c2cc(C)on2)C3)n1. The molecule has 0 saturated carbocycles. The number of benzene rings is 1. The molecule has 4 rings (SSSR count). The Bertz CT molecular complexity index is 992. The van der Waals surface area contributed by atoms with E-state index in [1.165, 1.54) is 0 Å². The summed E-state index contributed by atoms with van der Waals surface area (Å²) >= 11 is 0. The second-order valence-electron chi connectivity index (χ2n) is 6.74. The lowest BCUT2D eigenvalue weighted by Crippen LogP contribution is -2.34. The molecule has 1 atom stereocenters. The molecular formula is C20H20N4O3. The first kappa shape index (κ1) is 17.2. The number of nitrogens with one attached hydrogen (secondary N) is 1. The van der Waals surface area contributed by atoms with Gasteiger partial charge in [0.2, 0.25) is 0 Å². The van der Waals surface area contributed by atoms with Crippen LogP contribution in [0.3, 0.4) is 0 Å². The van der Waals surface area contributed by atoms with Gasteiger partial charge in [-0.1, -0.05) is 17.3 Å². The first-order valence-corrected chi connectivity index (χ1v) is 8.82. The maximum absolute atomic E-state index is 12.1. The number of nitrogens with zero attached hydrogens (tertiary/aromatic N) is 3. The molecule has 0 unspecified atom stereocenters. The van der Waals surface area contributed by atoms with Gasteiger partial charge in [0, 0.05) is 23.9 Å². The van der Waals surface area contributed by atoms with Crippen molar-refractivity contribution in [2.45, 2.75) is 33.3 Å². The fourth-order valence-electron chi connectivity index (χ4n) is 3.25. The largest absolute Gasteiger partial charge is 0.487 e. The van der Waals surface area contributed by atoms with E-state index in [-0.39, 0.29) is 17.7 Å². The smallest absolute Gasteiger partial charge is 0.273 e. The summed E-state index contributed by atoms with van der Waals surface area (Å²) in [5.41, 5.74) is 4.07. The van der Waals surface area contributed by atoms with E-state index in [4.69, 9.17) is 9.26 Å². The summed E-state index contributed by atoms with van der Waals surface area (Å²) in [5, 5.41) is 6.58. The normalized spacial score (nSPS) is 15.3. The van der Waals surface area contributed by atoms with E-state index < -0.39 is 0 Å². The van der Waals surface area contributed by atoms with Crippen molar-refractivity contribution in [3.05, 3.63) is 58.7 Å². The molecule has 0 bridgehead atoms. The summed E-state index contributed by atoms with van der Waals surface area (Å²) in [5.74, 6) is 1.78. The molecule has 0 spiro atoms. The predicted octanol–water partition coefficient (Wildman–Crippen LogP) is 2.79. The van der Waals surface area contributed by atoms with Gasteiger partial charge >= 0.3 is 0 Å². The Hall–Kier alpha value is -3.22. The molecule has 0 fully saturated rings. The molecule has 1 N–H and O–H groups in total. The number of fused-ring (bicyclic) bond motifs is 1. The number of amides is 1. The first-order valence-electron chi connectivity index (χ1n) is 8.82. The molecule has 0 saturated heterocycles. The topological polar surface area (TPSA) is 90.1 Å². The molecule has 0 radical (unpaired) electrons. The lowest BCUT2D eigenvalue weighted by molar-refractivity contribution is 0.0924. The van der Waals surface area contributed by atoms with Gasteiger partial charge in [0.25, 0.3) is 5.91 Å². The maximum atomic E-state index is 12.1. The number of hydrogen-bond donors (Lipinski definition) is 1. The van der Waals surface area contributed by atoms with Gasteiger partial charge in [0.15, 0.2) is 11.5 Å². The fraction of sp³-hybridized carbons (Fsp3) is 0.300. The molecule has 3 heterocycles. The Kier molecular flexibility index (Phi) is 4.35. The Morgan fingerprint density at radius 1 is 1.19 bits per heavy atom. The second kappa shape index (κ2) is 6.83. The summed E-state index contributed by atoms with van der Waals surface area (Å²) < 4.78 is 11.1. The Labute approximate surface area is 156 Å². The lowest BCUT2D eigenvalue weighted by atomic mass is 10.1. The number of para-hydroxylation sites is 1. The minimum Gasteiger partial charge on any atom is -0.487 e. The lowest BCUT2D eigenvalue weighted by Gasteiger charge is -2.13. The Morgan fingerprint density at radius 2 is 1.96 bits per heavy atom. The van der Waals surface area contributed by atoms with Crippen LogP contribution in [0.15, 0.2) is 34.9 Å². The van der Waals surface area contributed by atoms with Crippen LogP contribution in [0.25, 0.3) is 11.4 Å². The highest BCUT2D eigenvalue weighted by molar-refractivity contribution is 5.92. The molecule has 7 nitrogen and oxygen atoms in total. The second-order valence-corrected chi connectivity index (χ2v) is 6.74. The van der Waals surface area contributed by atoms with Crippen molar-refractivity contribution in [1.82, 2.24) is 20.4 Å². The summed E-state index contributed by atoms with van der Waals surface area (Å²) in [7, 11) is 0. The van der Waals surface area contributed by atoms with Gasteiger partial charge < -0.3 is 14.6 Å². The van der Waals surface area contributed by atoms with Gasteiger partial charge in [-0.25, -0.2) is 9.97 Å². The number of aromatic nitrogens is 3. The van der Waals surface area contributed by atoms with E-state index in [2.05, 4.69) is 20.4 Å². The zero-order chi connectivity index (χ0) is 19.0. The van der Waals surface area contributed by atoms with Crippen LogP contribution in [0, 0.1) is 20.8 Å². The van der Waals surface area contributed by atoms with Crippen LogP contribution in [0.5, 0.6) is 5.75 Å². The van der Waals surface area contributed by atoms with Crippen molar-refractivity contribution in [2.24, 2.45) is 0 Å². The molecule has 1 amide bonds. The zero-order valence-electron chi connectivity index (χ0n) is 15.4. The van der Waals surface area contributed by atoms with E-state index in [0.717, 1.165) is 28.3 Å². The highest BCUT2D eigenvalue weighted by Crippen LogP contribution is 2.37. The predicted molar refractivity (Wildman–Crippen MR) is 98.6 cm³/mol. The van der Waals surface area contributed by atoms with E-state index in [9.17, 15) is 4.79 Å².